The smallest absolute Gasteiger partial charge is 0.243 e. The fraction of sp³-hybridized carbons (Fsp3) is 0.350. The Morgan fingerprint density at radius 3 is 2.65 bits per heavy atom. The average Bonchev–Trinajstić information content (AvgIpc) is 3.10. The molecule has 6 nitrogen and oxygen atoms in total. The van der Waals surface area contributed by atoms with Gasteiger partial charge in [0.05, 0.1) is 25.0 Å². The van der Waals surface area contributed by atoms with Gasteiger partial charge in [0.1, 0.15) is 0 Å². The molecule has 0 saturated heterocycles. The molecular formula is C20H29N5O. The monoisotopic (exact) mass is 355 g/mol. The lowest BCUT2D eigenvalue weighted by molar-refractivity contribution is -0.116. The fourth-order valence-corrected chi connectivity index (χ4v) is 2.53. The number of likely N-dealkylation sites (N-methyl/N-ethyl adjacent to an activating group) is 1. The molecule has 0 bridgehead atoms. The van der Waals surface area contributed by atoms with E-state index in [4.69, 9.17) is 0 Å². The predicted molar refractivity (Wildman–Crippen MR) is 109 cm³/mol. The summed E-state index contributed by atoms with van der Waals surface area (Å²) in [5, 5.41) is 10.3. The van der Waals surface area contributed by atoms with Crippen LogP contribution in [0.2, 0.25) is 0 Å². The number of nitrogens with one attached hydrogen (secondary N) is 2. The Hall–Kier alpha value is -2.73. The standard InChI is InChI=1S/C20H29N5O/c1-7-9-17(16-12-24-25(14-16)11-10-21-5)20(15(3)4)18(22-6)13-23-19(26)8-2/h7-9,12,14,21H,1-2,10-11,13H2,3-6H3,(H,23,26)/b17-9-,22-18?. The van der Waals surface area contributed by atoms with Crippen molar-refractivity contribution < 1.29 is 4.79 Å². The minimum Gasteiger partial charge on any atom is -0.347 e. The maximum atomic E-state index is 11.5. The number of carbonyl (C=O) groups is 1. The third-order valence-corrected chi connectivity index (χ3v) is 3.76. The molecule has 140 valence electrons. The molecule has 6 heteroatoms. The molecular weight excluding hydrogens is 326 g/mol. The van der Waals surface area contributed by atoms with Gasteiger partial charge in [0.2, 0.25) is 5.91 Å². The molecule has 0 saturated carbocycles. The van der Waals surface area contributed by atoms with Crippen LogP contribution in [-0.2, 0) is 11.3 Å². The van der Waals surface area contributed by atoms with E-state index in [1.54, 1.807) is 13.1 Å². The minimum atomic E-state index is -0.228. The van der Waals surface area contributed by atoms with Crippen LogP contribution in [0.15, 0.2) is 59.9 Å². The molecule has 0 radical (unpaired) electrons. The lowest BCUT2D eigenvalue weighted by atomic mass is 9.92. The van der Waals surface area contributed by atoms with Gasteiger partial charge in [-0.15, -0.1) is 0 Å². The van der Waals surface area contributed by atoms with Crippen molar-refractivity contribution >= 4 is 17.2 Å². The first-order valence-corrected chi connectivity index (χ1v) is 8.52. The second kappa shape index (κ2) is 11.0. The van der Waals surface area contributed by atoms with Crippen molar-refractivity contribution in [2.45, 2.75) is 20.4 Å². The highest BCUT2D eigenvalue weighted by molar-refractivity contribution is 6.15. The molecule has 0 spiro atoms. The number of carbonyl (C=O) groups excluding carboxylic acids is 1. The molecule has 1 amide bonds. The second-order valence-electron chi connectivity index (χ2n) is 5.88. The first kappa shape index (κ1) is 21.3. The van der Waals surface area contributed by atoms with Crippen molar-refractivity contribution in [3.8, 4) is 0 Å². The zero-order valence-corrected chi connectivity index (χ0v) is 16.2. The van der Waals surface area contributed by atoms with Crippen LogP contribution in [0.1, 0.15) is 19.4 Å². The summed E-state index contributed by atoms with van der Waals surface area (Å²) in [4.78, 5) is 15.9. The van der Waals surface area contributed by atoms with Gasteiger partial charge in [-0.05, 0) is 32.5 Å². The van der Waals surface area contributed by atoms with E-state index in [1.807, 2.05) is 44.0 Å². The lowest BCUT2D eigenvalue weighted by Gasteiger charge is -2.16. The van der Waals surface area contributed by atoms with E-state index in [-0.39, 0.29) is 5.91 Å². The van der Waals surface area contributed by atoms with E-state index >= 15 is 0 Å². The topological polar surface area (TPSA) is 71.3 Å². The van der Waals surface area contributed by atoms with Gasteiger partial charge in [0.25, 0.3) is 0 Å². The van der Waals surface area contributed by atoms with Crippen LogP contribution >= 0.6 is 0 Å². The zero-order valence-electron chi connectivity index (χ0n) is 16.2. The van der Waals surface area contributed by atoms with Gasteiger partial charge in [-0.3, -0.25) is 14.5 Å². The van der Waals surface area contributed by atoms with Crippen molar-refractivity contribution in [3.05, 3.63) is 60.5 Å². The number of rotatable bonds is 10. The highest BCUT2D eigenvalue weighted by Crippen LogP contribution is 2.27. The van der Waals surface area contributed by atoms with Crippen LogP contribution in [0.5, 0.6) is 0 Å². The number of allylic oxidation sites excluding steroid dienone is 4. The SMILES string of the molecule is C=C/C=C(\C(C(CNC(=O)C=C)=NC)=C(C)C)c1cnn(CCNC)c1. The van der Waals surface area contributed by atoms with Crippen molar-refractivity contribution in [1.82, 2.24) is 20.4 Å². The quantitative estimate of drug-likeness (QED) is 0.385. The summed E-state index contributed by atoms with van der Waals surface area (Å²) in [6.07, 6.45) is 8.79. The highest BCUT2D eigenvalue weighted by Gasteiger charge is 2.17. The molecule has 0 aromatic carbocycles. The Balaban J connectivity index is 3.25. The van der Waals surface area contributed by atoms with Gasteiger partial charge in [0.15, 0.2) is 0 Å². The molecule has 0 aliphatic heterocycles. The van der Waals surface area contributed by atoms with E-state index < -0.39 is 0 Å². The Bertz CT molecular complexity index is 733. The molecule has 1 heterocycles. The Kier molecular flexibility index (Phi) is 9.01. The van der Waals surface area contributed by atoms with Crippen molar-refractivity contribution in [3.63, 3.8) is 0 Å². The fourth-order valence-electron chi connectivity index (χ4n) is 2.53. The van der Waals surface area contributed by atoms with Gasteiger partial charge in [0, 0.05) is 30.9 Å². The van der Waals surface area contributed by atoms with E-state index in [0.29, 0.717) is 6.54 Å². The molecule has 0 aliphatic carbocycles. The molecule has 26 heavy (non-hydrogen) atoms. The molecule has 0 aliphatic rings. The summed E-state index contributed by atoms with van der Waals surface area (Å²) in [6.45, 7) is 13.3. The first-order chi connectivity index (χ1) is 12.5. The summed E-state index contributed by atoms with van der Waals surface area (Å²) in [6, 6.07) is 0. The maximum absolute atomic E-state index is 11.5. The van der Waals surface area contributed by atoms with Crippen LogP contribution in [0.3, 0.4) is 0 Å². The van der Waals surface area contributed by atoms with Crippen LogP contribution < -0.4 is 10.6 Å². The molecule has 2 N–H and O–H groups in total. The minimum absolute atomic E-state index is 0.228. The lowest BCUT2D eigenvalue weighted by Crippen LogP contribution is -2.29. The van der Waals surface area contributed by atoms with Gasteiger partial charge in [-0.1, -0.05) is 30.9 Å². The highest BCUT2D eigenvalue weighted by atomic mass is 16.1. The Labute approximate surface area is 156 Å². The van der Waals surface area contributed by atoms with Gasteiger partial charge < -0.3 is 10.6 Å². The van der Waals surface area contributed by atoms with Crippen LogP contribution in [0.25, 0.3) is 5.57 Å². The molecule has 0 atom stereocenters. The Morgan fingerprint density at radius 2 is 2.12 bits per heavy atom. The van der Waals surface area contributed by atoms with Crippen LogP contribution in [0, 0.1) is 0 Å². The molecule has 1 rings (SSSR count). The third-order valence-electron chi connectivity index (χ3n) is 3.76. The summed E-state index contributed by atoms with van der Waals surface area (Å²) in [7, 11) is 3.64. The molecule has 0 fully saturated rings. The van der Waals surface area contributed by atoms with E-state index in [0.717, 1.165) is 41.1 Å². The molecule has 1 aromatic heterocycles. The van der Waals surface area contributed by atoms with E-state index in [9.17, 15) is 4.79 Å². The summed E-state index contributed by atoms with van der Waals surface area (Å²) in [5.41, 5.74) is 4.81. The number of hydrogen-bond donors (Lipinski definition) is 2. The third kappa shape index (κ3) is 5.97. The van der Waals surface area contributed by atoms with Gasteiger partial charge in [-0.2, -0.15) is 5.10 Å². The summed E-state index contributed by atoms with van der Waals surface area (Å²) >= 11 is 0. The second-order valence-corrected chi connectivity index (χ2v) is 5.88. The average molecular weight is 355 g/mol. The maximum Gasteiger partial charge on any atom is 0.243 e. The normalized spacial score (nSPS) is 11.8. The number of hydrogen-bond acceptors (Lipinski definition) is 4. The van der Waals surface area contributed by atoms with E-state index in [2.05, 4.69) is 33.9 Å². The number of aromatic nitrogens is 2. The largest absolute Gasteiger partial charge is 0.347 e. The number of aliphatic imine (C=N–C) groups is 1. The van der Waals surface area contributed by atoms with Gasteiger partial charge in [-0.25, -0.2) is 0 Å². The van der Waals surface area contributed by atoms with Crippen molar-refractivity contribution in [2.24, 2.45) is 4.99 Å². The number of amides is 1. The first-order valence-electron chi connectivity index (χ1n) is 8.52. The van der Waals surface area contributed by atoms with Crippen molar-refractivity contribution in [1.29, 1.82) is 0 Å². The predicted octanol–water partition coefficient (Wildman–Crippen LogP) is 2.38. The van der Waals surface area contributed by atoms with Crippen LogP contribution in [0.4, 0.5) is 0 Å². The Morgan fingerprint density at radius 1 is 1.38 bits per heavy atom. The van der Waals surface area contributed by atoms with Crippen LogP contribution in [-0.4, -0.2) is 48.6 Å². The van der Waals surface area contributed by atoms with Crippen molar-refractivity contribution in [2.75, 3.05) is 27.2 Å². The van der Waals surface area contributed by atoms with E-state index in [1.165, 1.54) is 6.08 Å². The molecule has 1 aromatic rings. The summed E-state index contributed by atoms with van der Waals surface area (Å²) in [5.74, 6) is -0.228. The van der Waals surface area contributed by atoms with Gasteiger partial charge >= 0.3 is 0 Å². The number of nitrogens with zero attached hydrogens (tertiary/aromatic N) is 3. The summed E-state index contributed by atoms with van der Waals surface area (Å²) < 4.78 is 1.90. The zero-order chi connectivity index (χ0) is 19.5. The molecule has 0 unspecified atom stereocenters.